The van der Waals surface area contributed by atoms with Gasteiger partial charge >= 0.3 is 0 Å². The maximum absolute atomic E-state index is 13.4. The summed E-state index contributed by atoms with van der Waals surface area (Å²) in [5.74, 6) is -0.243. The van der Waals surface area contributed by atoms with E-state index in [1.807, 2.05) is 4.90 Å². The van der Waals surface area contributed by atoms with Crippen molar-refractivity contribution in [1.82, 2.24) is 24.6 Å². The Hall–Kier alpha value is -3.29. The Kier molecular flexibility index (Phi) is 4.77. The molecule has 4 rings (SSSR count). The average Bonchev–Trinajstić information content (AvgIpc) is 3.14. The summed E-state index contributed by atoms with van der Waals surface area (Å²) in [5, 5.41) is 4.11. The van der Waals surface area contributed by atoms with E-state index in [1.165, 1.54) is 12.1 Å². The summed E-state index contributed by atoms with van der Waals surface area (Å²) >= 11 is 0. The van der Waals surface area contributed by atoms with Crippen LogP contribution in [0.15, 0.2) is 42.9 Å². The van der Waals surface area contributed by atoms with Gasteiger partial charge in [-0.25, -0.2) is 14.4 Å². The number of aryl methyl sites for hydroxylation is 1. The lowest BCUT2D eigenvalue weighted by Gasteiger charge is -2.36. The first-order valence-electron chi connectivity index (χ1n) is 9.21. The first kappa shape index (κ1) is 18.1. The fraction of sp³-hybridized carbons (Fsp3) is 0.300. The molecular formula is C20H21FN6O. The number of benzene rings is 1. The number of nitrogens with two attached hydrogens (primary N) is 1. The number of likely N-dealkylation sites (tertiary alicyclic amines) is 1. The van der Waals surface area contributed by atoms with E-state index in [4.69, 9.17) is 5.73 Å². The van der Waals surface area contributed by atoms with Crippen LogP contribution in [0.2, 0.25) is 0 Å². The number of halogens is 1. The molecule has 3 heterocycles. The molecule has 2 aromatic heterocycles. The first-order valence-corrected chi connectivity index (χ1v) is 9.21. The fourth-order valence-corrected chi connectivity index (χ4v) is 3.67. The quantitative estimate of drug-likeness (QED) is 0.754. The minimum Gasteiger partial charge on any atom is -0.368 e. The van der Waals surface area contributed by atoms with E-state index in [2.05, 4.69) is 15.1 Å². The topological polar surface area (TPSA) is 89.9 Å². The second-order valence-corrected chi connectivity index (χ2v) is 6.95. The second kappa shape index (κ2) is 7.38. The zero-order valence-electron chi connectivity index (χ0n) is 15.5. The van der Waals surface area contributed by atoms with E-state index in [1.54, 1.807) is 42.5 Å². The highest BCUT2D eigenvalue weighted by Gasteiger charge is 2.32. The number of hydrogen-bond donors (Lipinski definition) is 1. The molecule has 1 aromatic carbocycles. The molecule has 0 aliphatic carbocycles. The van der Waals surface area contributed by atoms with Gasteiger partial charge in [-0.2, -0.15) is 5.10 Å². The van der Waals surface area contributed by atoms with Gasteiger partial charge in [0, 0.05) is 31.5 Å². The predicted molar refractivity (Wildman–Crippen MR) is 103 cm³/mol. The largest absolute Gasteiger partial charge is 0.368 e. The molecule has 2 N–H and O–H groups in total. The molecule has 0 spiro atoms. The van der Waals surface area contributed by atoms with Gasteiger partial charge in [0.2, 0.25) is 5.95 Å². The molecule has 1 aliphatic rings. The van der Waals surface area contributed by atoms with Crippen LogP contribution in [0.1, 0.15) is 41.4 Å². The highest BCUT2D eigenvalue weighted by molar-refractivity contribution is 5.94. The number of amides is 1. The van der Waals surface area contributed by atoms with E-state index in [0.29, 0.717) is 17.8 Å². The van der Waals surface area contributed by atoms with Gasteiger partial charge in [0.25, 0.3) is 5.91 Å². The molecule has 144 valence electrons. The van der Waals surface area contributed by atoms with Crippen molar-refractivity contribution in [3.05, 3.63) is 59.9 Å². The number of carbonyl (C=O) groups is 1. The maximum atomic E-state index is 13.4. The van der Waals surface area contributed by atoms with Crippen molar-refractivity contribution in [3.63, 3.8) is 0 Å². The van der Waals surface area contributed by atoms with E-state index in [-0.39, 0.29) is 23.7 Å². The number of aromatic nitrogens is 4. The third kappa shape index (κ3) is 3.45. The summed E-state index contributed by atoms with van der Waals surface area (Å²) in [6.45, 7) is 0.630. The molecule has 8 heteroatoms. The molecule has 1 atom stereocenters. The number of carbonyl (C=O) groups excluding carboxylic acids is 1. The van der Waals surface area contributed by atoms with Gasteiger partial charge in [-0.05, 0) is 37.0 Å². The Morgan fingerprint density at radius 2 is 2.00 bits per heavy atom. The number of hydrogen-bond acceptors (Lipinski definition) is 5. The Morgan fingerprint density at radius 1 is 1.21 bits per heavy atom. The van der Waals surface area contributed by atoms with E-state index < -0.39 is 0 Å². The lowest BCUT2D eigenvalue weighted by atomic mass is 9.93. The highest BCUT2D eigenvalue weighted by atomic mass is 19.1. The summed E-state index contributed by atoms with van der Waals surface area (Å²) in [4.78, 5) is 23.6. The van der Waals surface area contributed by atoms with Crippen molar-refractivity contribution in [2.45, 2.75) is 25.3 Å². The van der Waals surface area contributed by atoms with E-state index in [9.17, 15) is 9.18 Å². The average molecular weight is 380 g/mol. The molecule has 0 bridgehead atoms. The van der Waals surface area contributed by atoms with E-state index >= 15 is 0 Å². The number of piperidine rings is 1. The number of nitrogens with zero attached hydrogens (tertiary/aromatic N) is 5. The lowest BCUT2D eigenvalue weighted by molar-refractivity contribution is 0.0606. The maximum Gasteiger partial charge on any atom is 0.257 e. The van der Waals surface area contributed by atoms with Crippen LogP contribution in [0.5, 0.6) is 0 Å². The van der Waals surface area contributed by atoms with Gasteiger partial charge in [-0.1, -0.05) is 12.1 Å². The van der Waals surface area contributed by atoms with Crippen molar-refractivity contribution in [1.29, 1.82) is 0 Å². The van der Waals surface area contributed by atoms with Crippen LogP contribution in [0.3, 0.4) is 0 Å². The summed E-state index contributed by atoms with van der Waals surface area (Å²) in [6, 6.07) is 5.93. The molecule has 0 saturated carbocycles. The van der Waals surface area contributed by atoms with Crippen molar-refractivity contribution in [2.24, 2.45) is 7.05 Å². The second-order valence-electron chi connectivity index (χ2n) is 6.95. The molecule has 0 radical (unpaired) electrons. The van der Waals surface area contributed by atoms with Crippen molar-refractivity contribution in [3.8, 4) is 11.1 Å². The van der Waals surface area contributed by atoms with Crippen LogP contribution < -0.4 is 5.73 Å². The SMILES string of the molecule is Cn1cc(C(=O)N2CCCC[C@H]2c2nc(N)ncc2-c2ccc(F)cc2)cn1. The van der Waals surface area contributed by atoms with Crippen LogP contribution in [0, 0.1) is 5.82 Å². The molecule has 28 heavy (non-hydrogen) atoms. The third-order valence-corrected chi connectivity index (χ3v) is 5.02. The summed E-state index contributed by atoms with van der Waals surface area (Å²) in [6.07, 6.45) is 7.61. The molecule has 1 amide bonds. The zero-order chi connectivity index (χ0) is 19.7. The van der Waals surface area contributed by atoms with E-state index in [0.717, 1.165) is 30.4 Å². The van der Waals surface area contributed by atoms with Gasteiger partial charge in [0.05, 0.1) is 23.5 Å². The van der Waals surface area contributed by atoms with Gasteiger partial charge in [-0.15, -0.1) is 0 Å². The summed E-state index contributed by atoms with van der Waals surface area (Å²) < 4.78 is 15.0. The minimum absolute atomic E-state index is 0.0833. The van der Waals surface area contributed by atoms with Gasteiger partial charge in [0.1, 0.15) is 5.82 Å². The zero-order valence-corrected chi connectivity index (χ0v) is 15.5. The molecular weight excluding hydrogens is 359 g/mol. The molecule has 7 nitrogen and oxygen atoms in total. The van der Waals surface area contributed by atoms with Crippen molar-refractivity contribution < 1.29 is 9.18 Å². The standard InChI is InChI=1S/C20H21FN6O/c1-26-12-14(10-24-26)19(28)27-9-3-2-4-17(27)18-16(11-23-20(22)25-18)13-5-7-15(21)8-6-13/h5-8,10-12,17H,2-4,9H2,1H3,(H2,22,23,25)/t17-/m0/s1. The molecule has 0 unspecified atom stereocenters. The van der Waals surface area contributed by atoms with Crippen molar-refractivity contribution in [2.75, 3.05) is 12.3 Å². The fourth-order valence-electron chi connectivity index (χ4n) is 3.67. The van der Waals surface area contributed by atoms with Crippen LogP contribution in [-0.2, 0) is 7.05 Å². The summed E-state index contributed by atoms with van der Waals surface area (Å²) in [7, 11) is 1.78. The third-order valence-electron chi connectivity index (χ3n) is 5.02. The van der Waals surface area contributed by atoms with Crippen molar-refractivity contribution >= 4 is 11.9 Å². The van der Waals surface area contributed by atoms with Crippen LogP contribution >= 0.6 is 0 Å². The van der Waals surface area contributed by atoms with Gasteiger partial charge < -0.3 is 10.6 Å². The molecule has 3 aromatic rings. The minimum atomic E-state index is -0.312. The normalized spacial score (nSPS) is 16.9. The van der Waals surface area contributed by atoms with Gasteiger partial charge in [-0.3, -0.25) is 9.48 Å². The Morgan fingerprint density at radius 3 is 2.71 bits per heavy atom. The van der Waals surface area contributed by atoms with Crippen LogP contribution in [0.4, 0.5) is 10.3 Å². The number of nitrogen functional groups attached to an aromatic ring is 1. The predicted octanol–water partition coefficient (Wildman–Crippen LogP) is 2.97. The monoisotopic (exact) mass is 380 g/mol. The number of rotatable bonds is 3. The Bertz CT molecular complexity index is 1000. The van der Waals surface area contributed by atoms with Crippen LogP contribution in [0.25, 0.3) is 11.1 Å². The molecule has 1 fully saturated rings. The Balaban J connectivity index is 1.76. The smallest absolute Gasteiger partial charge is 0.257 e. The highest BCUT2D eigenvalue weighted by Crippen LogP contribution is 2.36. The molecule has 1 aliphatic heterocycles. The van der Waals surface area contributed by atoms with Crippen LogP contribution in [-0.4, -0.2) is 37.1 Å². The van der Waals surface area contributed by atoms with Gasteiger partial charge in [0.15, 0.2) is 0 Å². The lowest BCUT2D eigenvalue weighted by Crippen LogP contribution is -2.39. The first-order chi connectivity index (χ1) is 13.5. The molecule has 1 saturated heterocycles. The number of anilines is 1. The summed E-state index contributed by atoms with van der Waals surface area (Å²) in [5.41, 5.74) is 8.65. The Labute approximate surface area is 162 Å².